The number of hydrogen-bond donors (Lipinski definition) is 2. The molecule has 0 aliphatic rings. The Morgan fingerprint density at radius 2 is 1.83 bits per heavy atom. The third-order valence-electron chi connectivity index (χ3n) is 3.30. The van der Waals surface area contributed by atoms with E-state index in [4.69, 9.17) is 23.2 Å². The van der Waals surface area contributed by atoms with E-state index < -0.39 is 5.97 Å². The van der Waals surface area contributed by atoms with E-state index in [0.29, 0.717) is 27.0 Å². The Bertz CT molecular complexity index is 778. The Labute approximate surface area is 149 Å². The van der Waals surface area contributed by atoms with Crippen LogP contribution in [0.5, 0.6) is 0 Å². The van der Waals surface area contributed by atoms with E-state index in [9.17, 15) is 9.59 Å². The lowest BCUT2D eigenvalue weighted by atomic mass is 10.1. The summed E-state index contributed by atoms with van der Waals surface area (Å²) in [6.07, 6.45) is 0. The van der Waals surface area contributed by atoms with Crippen LogP contribution in [-0.2, 0) is 9.53 Å². The van der Waals surface area contributed by atoms with Crippen LogP contribution < -0.4 is 10.6 Å². The number of nitrogens with one attached hydrogen (secondary N) is 2. The molecule has 0 aromatic heterocycles. The zero-order chi connectivity index (χ0) is 17.7. The molecular formula is C17H16Cl2N2O3. The molecule has 0 aliphatic carbocycles. The molecule has 0 heterocycles. The van der Waals surface area contributed by atoms with Crippen LogP contribution in [0.25, 0.3) is 0 Å². The highest BCUT2D eigenvalue weighted by Crippen LogP contribution is 2.25. The standard InChI is InChI=1S/C17H16Cl2N2O3/c1-10-3-4-11(17(23)24-2)7-15(10)20-9-16(22)21-14-6-5-12(18)8-13(14)19/h3-8,20H,9H2,1-2H3,(H,21,22). The Morgan fingerprint density at radius 3 is 2.50 bits per heavy atom. The van der Waals surface area contributed by atoms with Gasteiger partial charge in [0.1, 0.15) is 0 Å². The molecule has 0 aliphatic heterocycles. The van der Waals surface area contributed by atoms with Crippen LogP contribution in [0.2, 0.25) is 10.0 Å². The van der Waals surface area contributed by atoms with Gasteiger partial charge in [0, 0.05) is 10.7 Å². The number of aryl methyl sites for hydroxylation is 1. The Morgan fingerprint density at radius 1 is 1.08 bits per heavy atom. The number of anilines is 2. The molecule has 0 unspecified atom stereocenters. The van der Waals surface area contributed by atoms with E-state index in [-0.39, 0.29) is 12.5 Å². The molecule has 126 valence electrons. The number of esters is 1. The lowest BCUT2D eigenvalue weighted by molar-refractivity contribution is -0.114. The predicted molar refractivity (Wildman–Crippen MR) is 96.1 cm³/mol. The second-order valence-corrected chi connectivity index (χ2v) is 5.89. The highest BCUT2D eigenvalue weighted by atomic mass is 35.5. The number of ether oxygens (including phenoxy) is 1. The number of carbonyl (C=O) groups excluding carboxylic acids is 2. The minimum atomic E-state index is -0.435. The van der Waals surface area contributed by atoms with Gasteiger partial charge in [-0.1, -0.05) is 29.3 Å². The topological polar surface area (TPSA) is 67.4 Å². The van der Waals surface area contributed by atoms with Gasteiger partial charge in [-0.2, -0.15) is 0 Å². The van der Waals surface area contributed by atoms with Gasteiger partial charge in [-0.25, -0.2) is 4.79 Å². The van der Waals surface area contributed by atoms with Crippen molar-refractivity contribution in [1.82, 2.24) is 0 Å². The van der Waals surface area contributed by atoms with E-state index in [0.717, 1.165) is 5.56 Å². The average Bonchev–Trinajstić information content (AvgIpc) is 2.56. The van der Waals surface area contributed by atoms with Crippen molar-refractivity contribution in [3.63, 3.8) is 0 Å². The van der Waals surface area contributed by atoms with Gasteiger partial charge in [-0.3, -0.25) is 4.79 Å². The van der Waals surface area contributed by atoms with Gasteiger partial charge in [-0.15, -0.1) is 0 Å². The summed E-state index contributed by atoms with van der Waals surface area (Å²) >= 11 is 11.8. The van der Waals surface area contributed by atoms with Crippen LogP contribution in [0.3, 0.4) is 0 Å². The predicted octanol–water partition coefficient (Wildman–Crippen LogP) is 4.14. The van der Waals surface area contributed by atoms with Crippen LogP contribution in [0, 0.1) is 6.92 Å². The average molecular weight is 367 g/mol. The van der Waals surface area contributed by atoms with Crippen LogP contribution in [0.15, 0.2) is 36.4 Å². The molecule has 0 atom stereocenters. The van der Waals surface area contributed by atoms with Gasteiger partial charge < -0.3 is 15.4 Å². The van der Waals surface area contributed by atoms with Gasteiger partial charge in [-0.05, 0) is 42.8 Å². The van der Waals surface area contributed by atoms with E-state index in [1.165, 1.54) is 7.11 Å². The molecule has 2 aromatic carbocycles. The lowest BCUT2D eigenvalue weighted by Crippen LogP contribution is -2.22. The van der Waals surface area contributed by atoms with Gasteiger partial charge in [0.05, 0.1) is 29.9 Å². The summed E-state index contributed by atoms with van der Waals surface area (Å²) in [6, 6.07) is 9.91. The fraction of sp³-hybridized carbons (Fsp3) is 0.176. The minimum absolute atomic E-state index is 0.0183. The summed E-state index contributed by atoms with van der Waals surface area (Å²) in [6.45, 7) is 1.89. The molecule has 0 saturated heterocycles. The third-order valence-corrected chi connectivity index (χ3v) is 3.85. The summed E-state index contributed by atoms with van der Waals surface area (Å²) in [4.78, 5) is 23.6. The molecule has 1 amide bonds. The first-order valence-corrected chi connectivity index (χ1v) is 7.84. The highest BCUT2D eigenvalue weighted by molar-refractivity contribution is 6.36. The number of rotatable bonds is 5. The molecule has 0 spiro atoms. The second-order valence-electron chi connectivity index (χ2n) is 5.05. The van der Waals surface area contributed by atoms with Crippen molar-refractivity contribution in [2.45, 2.75) is 6.92 Å². The molecule has 0 radical (unpaired) electrons. The molecule has 0 fully saturated rings. The molecule has 5 nitrogen and oxygen atoms in total. The van der Waals surface area contributed by atoms with Crippen LogP contribution in [-0.4, -0.2) is 25.5 Å². The van der Waals surface area contributed by atoms with Gasteiger partial charge >= 0.3 is 5.97 Å². The number of carbonyl (C=O) groups is 2. The number of hydrogen-bond acceptors (Lipinski definition) is 4. The zero-order valence-electron chi connectivity index (χ0n) is 13.2. The molecule has 2 aromatic rings. The Kier molecular flexibility index (Phi) is 6.06. The van der Waals surface area contributed by atoms with Crippen LogP contribution >= 0.6 is 23.2 Å². The molecule has 0 bridgehead atoms. The van der Waals surface area contributed by atoms with Crippen molar-refractivity contribution in [1.29, 1.82) is 0 Å². The van der Waals surface area contributed by atoms with E-state index in [2.05, 4.69) is 15.4 Å². The zero-order valence-corrected chi connectivity index (χ0v) is 14.7. The molecule has 24 heavy (non-hydrogen) atoms. The Hall–Kier alpha value is -2.24. The molecule has 0 saturated carbocycles. The number of methoxy groups -OCH3 is 1. The van der Waals surface area contributed by atoms with Crippen molar-refractivity contribution >= 4 is 46.5 Å². The van der Waals surface area contributed by atoms with Crippen molar-refractivity contribution < 1.29 is 14.3 Å². The number of benzene rings is 2. The van der Waals surface area contributed by atoms with Crippen molar-refractivity contribution in [3.8, 4) is 0 Å². The highest BCUT2D eigenvalue weighted by Gasteiger charge is 2.10. The van der Waals surface area contributed by atoms with Gasteiger partial charge in [0.15, 0.2) is 0 Å². The molecule has 7 heteroatoms. The first-order chi connectivity index (χ1) is 11.4. The number of amides is 1. The van der Waals surface area contributed by atoms with Crippen LogP contribution in [0.4, 0.5) is 11.4 Å². The number of halogens is 2. The van der Waals surface area contributed by atoms with E-state index in [1.54, 1.807) is 36.4 Å². The summed E-state index contributed by atoms with van der Waals surface area (Å²) in [7, 11) is 1.32. The summed E-state index contributed by atoms with van der Waals surface area (Å²) in [5.74, 6) is -0.711. The first kappa shape index (κ1) is 18.1. The Balaban J connectivity index is 2.02. The maximum Gasteiger partial charge on any atom is 0.337 e. The second kappa shape index (κ2) is 8.04. The fourth-order valence-corrected chi connectivity index (χ4v) is 2.47. The fourth-order valence-electron chi connectivity index (χ4n) is 2.02. The van der Waals surface area contributed by atoms with Crippen molar-refractivity contribution in [2.75, 3.05) is 24.3 Å². The minimum Gasteiger partial charge on any atom is -0.465 e. The molecule has 2 rings (SSSR count). The van der Waals surface area contributed by atoms with Crippen molar-refractivity contribution in [3.05, 3.63) is 57.6 Å². The van der Waals surface area contributed by atoms with Crippen LogP contribution in [0.1, 0.15) is 15.9 Å². The van der Waals surface area contributed by atoms with Gasteiger partial charge in [0.2, 0.25) is 5.91 Å². The maximum absolute atomic E-state index is 12.1. The van der Waals surface area contributed by atoms with E-state index >= 15 is 0 Å². The summed E-state index contributed by atoms with van der Waals surface area (Å²) in [5, 5.41) is 6.54. The maximum atomic E-state index is 12.1. The largest absolute Gasteiger partial charge is 0.465 e. The lowest BCUT2D eigenvalue weighted by Gasteiger charge is -2.12. The quantitative estimate of drug-likeness (QED) is 0.780. The monoisotopic (exact) mass is 366 g/mol. The SMILES string of the molecule is COC(=O)c1ccc(C)c(NCC(=O)Nc2ccc(Cl)cc2Cl)c1. The molecular weight excluding hydrogens is 351 g/mol. The summed E-state index contributed by atoms with van der Waals surface area (Å²) in [5.41, 5.74) is 2.47. The normalized spacial score (nSPS) is 10.2. The van der Waals surface area contributed by atoms with E-state index in [1.807, 2.05) is 6.92 Å². The van der Waals surface area contributed by atoms with Gasteiger partial charge in [0.25, 0.3) is 0 Å². The summed E-state index contributed by atoms with van der Waals surface area (Å²) < 4.78 is 4.69. The first-order valence-electron chi connectivity index (χ1n) is 7.08. The smallest absolute Gasteiger partial charge is 0.337 e. The molecule has 2 N–H and O–H groups in total. The third kappa shape index (κ3) is 4.63. The van der Waals surface area contributed by atoms with Crippen molar-refractivity contribution in [2.24, 2.45) is 0 Å².